The van der Waals surface area contributed by atoms with Gasteiger partial charge in [-0.05, 0) is 34.6 Å². The SMILES string of the molecule is CC1OC(=O)CC1(C)OC(=O)C(C)(C)C. The maximum absolute atomic E-state index is 11.7. The summed E-state index contributed by atoms with van der Waals surface area (Å²) >= 11 is 0. The second-order valence-corrected chi connectivity index (χ2v) is 5.26. The molecule has 1 saturated heterocycles. The molecule has 2 atom stereocenters. The van der Waals surface area contributed by atoms with Gasteiger partial charge in [-0.25, -0.2) is 0 Å². The standard InChI is InChI=1S/C11H18O4/c1-7-11(5,6-8(12)14-7)15-9(13)10(2,3)4/h7H,6H2,1-5H3. The molecule has 1 aliphatic heterocycles. The quantitative estimate of drug-likeness (QED) is 0.623. The van der Waals surface area contributed by atoms with Crippen LogP contribution in [0, 0.1) is 5.41 Å². The molecule has 86 valence electrons. The summed E-state index contributed by atoms with van der Waals surface area (Å²) in [6.45, 7) is 8.80. The average molecular weight is 214 g/mol. The van der Waals surface area contributed by atoms with Crippen LogP contribution < -0.4 is 0 Å². The zero-order valence-electron chi connectivity index (χ0n) is 9.92. The molecule has 4 heteroatoms. The minimum Gasteiger partial charge on any atom is -0.458 e. The van der Waals surface area contributed by atoms with Crippen LogP contribution in [0.25, 0.3) is 0 Å². The molecule has 0 N–H and O–H groups in total. The van der Waals surface area contributed by atoms with E-state index >= 15 is 0 Å². The molecule has 0 aromatic carbocycles. The van der Waals surface area contributed by atoms with E-state index < -0.39 is 11.0 Å². The normalized spacial score (nSPS) is 31.3. The Morgan fingerprint density at radius 1 is 1.53 bits per heavy atom. The molecule has 0 aliphatic carbocycles. The second-order valence-electron chi connectivity index (χ2n) is 5.26. The van der Waals surface area contributed by atoms with Crippen molar-refractivity contribution in [2.75, 3.05) is 0 Å². The molecule has 0 bridgehead atoms. The van der Waals surface area contributed by atoms with E-state index in [0.717, 1.165) is 0 Å². The Morgan fingerprint density at radius 2 is 2.07 bits per heavy atom. The molecule has 4 nitrogen and oxygen atoms in total. The van der Waals surface area contributed by atoms with Crippen molar-refractivity contribution in [3.63, 3.8) is 0 Å². The van der Waals surface area contributed by atoms with Crippen molar-refractivity contribution >= 4 is 11.9 Å². The summed E-state index contributed by atoms with van der Waals surface area (Å²) in [5.74, 6) is -0.623. The van der Waals surface area contributed by atoms with Crippen molar-refractivity contribution in [2.45, 2.75) is 52.7 Å². The maximum Gasteiger partial charge on any atom is 0.311 e. The van der Waals surface area contributed by atoms with E-state index in [1.54, 1.807) is 34.6 Å². The summed E-state index contributed by atoms with van der Waals surface area (Å²) < 4.78 is 10.3. The summed E-state index contributed by atoms with van der Waals surface area (Å²) in [7, 11) is 0. The Hall–Kier alpha value is -1.06. The summed E-state index contributed by atoms with van der Waals surface area (Å²) in [5.41, 5.74) is -1.38. The van der Waals surface area contributed by atoms with Gasteiger partial charge in [-0.3, -0.25) is 9.59 Å². The summed E-state index contributed by atoms with van der Waals surface area (Å²) in [6, 6.07) is 0. The van der Waals surface area contributed by atoms with Crippen LogP contribution >= 0.6 is 0 Å². The van der Waals surface area contributed by atoms with E-state index in [2.05, 4.69) is 0 Å². The first-order chi connectivity index (χ1) is 6.65. The number of esters is 2. The van der Waals surface area contributed by atoms with Gasteiger partial charge in [-0.2, -0.15) is 0 Å². The molecular formula is C11H18O4. The van der Waals surface area contributed by atoms with Crippen molar-refractivity contribution in [3.05, 3.63) is 0 Å². The highest BCUT2D eigenvalue weighted by molar-refractivity contribution is 5.78. The van der Waals surface area contributed by atoms with Crippen LogP contribution in [-0.2, 0) is 19.1 Å². The topological polar surface area (TPSA) is 52.6 Å². The number of rotatable bonds is 1. The largest absolute Gasteiger partial charge is 0.458 e. The van der Waals surface area contributed by atoms with Crippen molar-refractivity contribution in [2.24, 2.45) is 5.41 Å². The van der Waals surface area contributed by atoms with Gasteiger partial charge < -0.3 is 9.47 Å². The third-order valence-corrected chi connectivity index (χ3v) is 2.60. The lowest BCUT2D eigenvalue weighted by atomic mass is 9.94. The van der Waals surface area contributed by atoms with Gasteiger partial charge in [0.15, 0.2) is 5.60 Å². The number of ether oxygens (including phenoxy) is 2. The van der Waals surface area contributed by atoms with Gasteiger partial charge in [-0.15, -0.1) is 0 Å². The Bertz CT molecular complexity index is 289. The molecule has 1 fully saturated rings. The van der Waals surface area contributed by atoms with Gasteiger partial charge in [0.2, 0.25) is 0 Å². The molecule has 1 heterocycles. The lowest BCUT2D eigenvalue weighted by Gasteiger charge is -2.29. The molecule has 0 aromatic heterocycles. The van der Waals surface area contributed by atoms with E-state index in [4.69, 9.17) is 9.47 Å². The van der Waals surface area contributed by atoms with Gasteiger partial charge in [-0.1, -0.05) is 0 Å². The molecule has 0 spiro atoms. The first-order valence-corrected chi connectivity index (χ1v) is 5.08. The van der Waals surface area contributed by atoms with Crippen molar-refractivity contribution in [1.82, 2.24) is 0 Å². The molecule has 1 aliphatic rings. The summed E-state index contributed by atoms with van der Waals surface area (Å²) in [4.78, 5) is 22.8. The summed E-state index contributed by atoms with van der Waals surface area (Å²) in [6.07, 6.45) is -0.244. The number of carbonyl (C=O) groups excluding carboxylic acids is 2. The molecule has 15 heavy (non-hydrogen) atoms. The highest BCUT2D eigenvalue weighted by Crippen LogP contribution is 2.32. The molecule has 1 rings (SSSR count). The van der Waals surface area contributed by atoms with E-state index in [9.17, 15) is 9.59 Å². The van der Waals surface area contributed by atoms with E-state index in [1.165, 1.54) is 0 Å². The Labute approximate surface area is 89.9 Å². The number of carbonyl (C=O) groups is 2. The van der Waals surface area contributed by atoms with Crippen molar-refractivity contribution in [3.8, 4) is 0 Å². The molecule has 0 saturated carbocycles. The third-order valence-electron chi connectivity index (χ3n) is 2.60. The number of hydrogen-bond acceptors (Lipinski definition) is 4. The fraction of sp³-hybridized carbons (Fsp3) is 0.818. The zero-order valence-corrected chi connectivity index (χ0v) is 9.92. The van der Waals surface area contributed by atoms with Crippen LogP contribution in [0.2, 0.25) is 0 Å². The lowest BCUT2D eigenvalue weighted by molar-refractivity contribution is -0.172. The molecule has 0 amide bonds. The van der Waals surface area contributed by atoms with Gasteiger partial charge in [0.05, 0.1) is 11.8 Å². The highest BCUT2D eigenvalue weighted by atomic mass is 16.6. The fourth-order valence-corrected chi connectivity index (χ4v) is 1.28. The Balaban J connectivity index is 2.73. The van der Waals surface area contributed by atoms with Crippen LogP contribution in [-0.4, -0.2) is 23.6 Å². The fourth-order valence-electron chi connectivity index (χ4n) is 1.28. The minimum absolute atomic E-state index is 0.135. The van der Waals surface area contributed by atoms with Crippen LogP contribution in [0.1, 0.15) is 41.0 Å². The minimum atomic E-state index is -0.818. The highest BCUT2D eigenvalue weighted by Gasteiger charge is 2.47. The third kappa shape index (κ3) is 2.49. The molecular weight excluding hydrogens is 196 g/mol. The van der Waals surface area contributed by atoms with Crippen molar-refractivity contribution in [1.29, 1.82) is 0 Å². The maximum atomic E-state index is 11.7. The van der Waals surface area contributed by atoms with Crippen LogP contribution in [0.4, 0.5) is 0 Å². The predicted molar refractivity (Wildman–Crippen MR) is 54.1 cm³/mol. The monoisotopic (exact) mass is 214 g/mol. The number of cyclic esters (lactones) is 1. The Kier molecular flexibility index (Phi) is 2.81. The van der Waals surface area contributed by atoms with Crippen molar-refractivity contribution < 1.29 is 19.1 Å². The van der Waals surface area contributed by atoms with E-state index in [1.807, 2.05) is 0 Å². The van der Waals surface area contributed by atoms with Crippen LogP contribution in [0.5, 0.6) is 0 Å². The molecule has 0 aromatic rings. The summed E-state index contributed by atoms with van der Waals surface area (Å²) in [5, 5.41) is 0. The molecule has 0 radical (unpaired) electrons. The number of hydrogen-bond donors (Lipinski definition) is 0. The van der Waals surface area contributed by atoms with Gasteiger partial charge >= 0.3 is 11.9 Å². The average Bonchev–Trinajstić information content (AvgIpc) is 2.23. The van der Waals surface area contributed by atoms with Gasteiger partial charge in [0.25, 0.3) is 0 Å². The van der Waals surface area contributed by atoms with Crippen LogP contribution in [0.15, 0.2) is 0 Å². The predicted octanol–water partition coefficient (Wildman–Crippen LogP) is 1.67. The first kappa shape index (κ1) is 12.0. The van der Waals surface area contributed by atoms with Crippen LogP contribution in [0.3, 0.4) is 0 Å². The smallest absolute Gasteiger partial charge is 0.311 e. The Morgan fingerprint density at radius 3 is 2.40 bits per heavy atom. The van der Waals surface area contributed by atoms with E-state index in [0.29, 0.717) is 0 Å². The van der Waals surface area contributed by atoms with Gasteiger partial charge in [0, 0.05) is 0 Å². The molecule has 2 unspecified atom stereocenters. The lowest BCUT2D eigenvalue weighted by Crippen LogP contribution is -2.41. The van der Waals surface area contributed by atoms with Gasteiger partial charge in [0.1, 0.15) is 6.10 Å². The first-order valence-electron chi connectivity index (χ1n) is 5.08. The zero-order chi connectivity index (χ0) is 11.9. The second kappa shape index (κ2) is 3.51. The van der Waals surface area contributed by atoms with E-state index in [-0.39, 0.29) is 24.5 Å².